The summed E-state index contributed by atoms with van der Waals surface area (Å²) >= 11 is 0. The number of hydrogen-bond acceptors (Lipinski definition) is 7. The van der Waals surface area contributed by atoms with Crippen molar-refractivity contribution < 1.29 is 23.1 Å². The van der Waals surface area contributed by atoms with Crippen molar-refractivity contribution in [1.29, 1.82) is 0 Å². The van der Waals surface area contributed by atoms with Crippen LogP contribution in [0.5, 0.6) is 11.6 Å². The summed E-state index contributed by atoms with van der Waals surface area (Å²) in [5, 5.41) is 2.65. The first-order valence-corrected chi connectivity index (χ1v) is 9.97. The van der Waals surface area contributed by atoms with Gasteiger partial charge in [-0.1, -0.05) is 30.3 Å². The molecule has 3 aromatic heterocycles. The number of carbonyl (C=O) groups excluding carboxylic acids is 1. The number of aromatic nitrogens is 3. The summed E-state index contributed by atoms with van der Waals surface area (Å²) in [7, 11) is 0. The van der Waals surface area contributed by atoms with Gasteiger partial charge in [0.15, 0.2) is 5.58 Å². The highest BCUT2D eigenvalue weighted by Gasteiger charge is 2.19. The minimum Gasteiger partial charge on any atom is -0.487 e. The van der Waals surface area contributed by atoms with E-state index in [0.717, 1.165) is 5.56 Å². The van der Waals surface area contributed by atoms with Gasteiger partial charge in [0.2, 0.25) is 17.6 Å². The second kappa shape index (κ2) is 9.42. The van der Waals surface area contributed by atoms with Crippen LogP contribution in [0, 0.1) is 5.82 Å². The number of pyridine rings is 2. The molecule has 0 spiro atoms. The van der Waals surface area contributed by atoms with Crippen LogP contribution < -0.4 is 14.8 Å². The number of rotatable bonds is 8. The second-order valence-corrected chi connectivity index (χ2v) is 7.18. The van der Waals surface area contributed by atoms with Gasteiger partial charge in [-0.15, -0.1) is 0 Å². The minimum absolute atomic E-state index is 0.0575. The summed E-state index contributed by atoms with van der Waals surface area (Å²) in [6, 6.07) is 12.9. The Morgan fingerprint density at radius 2 is 1.94 bits per heavy atom. The molecule has 8 nitrogen and oxygen atoms in total. The van der Waals surface area contributed by atoms with E-state index in [9.17, 15) is 9.18 Å². The molecular weight excluding hydrogens is 415 g/mol. The van der Waals surface area contributed by atoms with Gasteiger partial charge in [-0.25, -0.2) is 15.0 Å². The van der Waals surface area contributed by atoms with Gasteiger partial charge in [0.05, 0.1) is 18.4 Å². The van der Waals surface area contributed by atoms with Gasteiger partial charge in [0.1, 0.15) is 30.2 Å². The zero-order valence-corrected chi connectivity index (χ0v) is 17.5. The Morgan fingerprint density at radius 1 is 1.12 bits per heavy atom. The third-order valence-corrected chi connectivity index (χ3v) is 4.47. The summed E-state index contributed by atoms with van der Waals surface area (Å²) in [5.41, 5.74) is 1.63. The molecule has 4 rings (SSSR count). The molecule has 0 unspecified atom stereocenters. The molecule has 3 heterocycles. The summed E-state index contributed by atoms with van der Waals surface area (Å²) in [5.74, 6) is -0.451. The van der Waals surface area contributed by atoms with Crippen LogP contribution in [0.1, 0.15) is 19.4 Å². The highest BCUT2D eigenvalue weighted by molar-refractivity contribution is 5.76. The van der Waals surface area contributed by atoms with Crippen LogP contribution in [-0.4, -0.2) is 33.5 Å². The van der Waals surface area contributed by atoms with Crippen molar-refractivity contribution in [3.63, 3.8) is 0 Å². The van der Waals surface area contributed by atoms with Crippen molar-refractivity contribution in [2.75, 3.05) is 6.61 Å². The zero-order valence-electron chi connectivity index (χ0n) is 17.5. The largest absolute Gasteiger partial charge is 0.487 e. The van der Waals surface area contributed by atoms with Gasteiger partial charge in [0.25, 0.3) is 5.88 Å². The molecule has 0 fully saturated rings. The molecule has 0 radical (unpaired) electrons. The molecule has 9 heteroatoms. The van der Waals surface area contributed by atoms with Crippen molar-refractivity contribution in [2.24, 2.45) is 0 Å². The molecule has 4 aromatic rings. The van der Waals surface area contributed by atoms with E-state index in [2.05, 4.69) is 20.3 Å². The SMILES string of the molecule is CC(=O)N[C@@H](C)COc1ncc2nc(-c3ccc(OCc4ccccc4)cn3)oc2c1F. The lowest BCUT2D eigenvalue weighted by molar-refractivity contribution is -0.119. The van der Waals surface area contributed by atoms with Crippen LogP contribution in [0.4, 0.5) is 4.39 Å². The van der Waals surface area contributed by atoms with Gasteiger partial charge in [-0.3, -0.25) is 4.79 Å². The minimum atomic E-state index is -0.765. The van der Waals surface area contributed by atoms with Gasteiger partial charge >= 0.3 is 0 Å². The Morgan fingerprint density at radius 3 is 2.66 bits per heavy atom. The maximum atomic E-state index is 14.8. The summed E-state index contributed by atoms with van der Waals surface area (Å²) in [6.07, 6.45) is 2.92. The number of nitrogens with one attached hydrogen (secondary N) is 1. The van der Waals surface area contributed by atoms with E-state index in [1.165, 1.54) is 13.1 Å². The standard InChI is InChI=1S/C23H21FN4O4/c1-14(27-15(2)29)12-31-23-20(24)21-19(11-26-23)28-22(32-21)18-9-8-17(10-25-18)30-13-16-6-4-3-5-7-16/h3-11,14H,12-13H2,1-2H3,(H,27,29)/t14-/m0/s1. The number of halogens is 1. The molecule has 32 heavy (non-hydrogen) atoms. The molecule has 0 aliphatic heterocycles. The molecule has 1 amide bonds. The number of ether oxygens (including phenoxy) is 2. The first-order chi connectivity index (χ1) is 15.5. The predicted molar refractivity (Wildman–Crippen MR) is 115 cm³/mol. The second-order valence-electron chi connectivity index (χ2n) is 7.18. The Bertz CT molecular complexity index is 1210. The number of oxazole rings is 1. The highest BCUT2D eigenvalue weighted by Crippen LogP contribution is 2.29. The monoisotopic (exact) mass is 436 g/mol. The zero-order chi connectivity index (χ0) is 22.5. The molecule has 0 saturated heterocycles. The molecular formula is C23H21FN4O4. The van der Waals surface area contributed by atoms with E-state index in [4.69, 9.17) is 13.9 Å². The fourth-order valence-corrected chi connectivity index (χ4v) is 2.99. The number of benzene rings is 1. The molecule has 1 aromatic carbocycles. The van der Waals surface area contributed by atoms with Crippen molar-refractivity contribution in [1.82, 2.24) is 20.3 Å². The topological polar surface area (TPSA) is 99.4 Å². The molecule has 0 aliphatic carbocycles. The summed E-state index contributed by atoms with van der Waals surface area (Å²) in [4.78, 5) is 23.6. The fourth-order valence-electron chi connectivity index (χ4n) is 2.99. The quantitative estimate of drug-likeness (QED) is 0.447. The van der Waals surface area contributed by atoms with Gasteiger partial charge in [-0.2, -0.15) is 4.39 Å². The Kier molecular flexibility index (Phi) is 6.25. The van der Waals surface area contributed by atoms with Crippen LogP contribution in [0.15, 0.2) is 59.3 Å². The molecule has 164 valence electrons. The van der Waals surface area contributed by atoms with E-state index in [1.54, 1.807) is 25.3 Å². The lowest BCUT2D eigenvalue weighted by atomic mass is 10.2. The van der Waals surface area contributed by atoms with E-state index in [0.29, 0.717) is 18.1 Å². The lowest BCUT2D eigenvalue weighted by Gasteiger charge is -2.13. The molecule has 1 N–H and O–H groups in total. The molecule has 0 bridgehead atoms. The lowest BCUT2D eigenvalue weighted by Crippen LogP contribution is -2.35. The van der Waals surface area contributed by atoms with Crippen molar-refractivity contribution in [3.05, 3.63) is 66.2 Å². The fraction of sp³-hybridized carbons (Fsp3) is 0.217. The highest BCUT2D eigenvalue weighted by atomic mass is 19.1. The van der Waals surface area contributed by atoms with E-state index >= 15 is 0 Å². The number of nitrogens with zero attached hydrogens (tertiary/aromatic N) is 3. The first-order valence-electron chi connectivity index (χ1n) is 9.97. The van der Waals surface area contributed by atoms with E-state index in [1.807, 2.05) is 30.3 Å². The molecule has 0 saturated carbocycles. The summed E-state index contributed by atoms with van der Waals surface area (Å²) in [6.45, 7) is 3.61. The van der Waals surface area contributed by atoms with Crippen molar-refractivity contribution in [2.45, 2.75) is 26.5 Å². The van der Waals surface area contributed by atoms with Crippen LogP contribution in [0.3, 0.4) is 0 Å². The van der Waals surface area contributed by atoms with Gasteiger partial charge in [-0.05, 0) is 24.6 Å². The number of fused-ring (bicyclic) bond motifs is 1. The van der Waals surface area contributed by atoms with Crippen LogP contribution in [-0.2, 0) is 11.4 Å². The Labute approximate surface area is 183 Å². The van der Waals surface area contributed by atoms with Crippen LogP contribution in [0.2, 0.25) is 0 Å². The number of hydrogen-bond donors (Lipinski definition) is 1. The normalized spacial score (nSPS) is 11.8. The average molecular weight is 436 g/mol. The maximum absolute atomic E-state index is 14.8. The van der Waals surface area contributed by atoms with Crippen molar-refractivity contribution >= 4 is 17.0 Å². The van der Waals surface area contributed by atoms with Gasteiger partial charge in [0, 0.05) is 6.92 Å². The molecule has 1 atom stereocenters. The number of amides is 1. The maximum Gasteiger partial charge on any atom is 0.254 e. The third kappa shape index (κ3) is 5.00. The van der Waals surface area contributed by atoms with Gasteiger partial charge < -0.3 is 19.2 Å². The Balaban J connectivity index is 1.46. The third-order valence-electron chi connectivity index (χ3n) is 4.47. The van der Waals surface area contributed by atoms with Crippen molar-refractivity contribution in [3.8, 4) is 23.2 Å². The summed E-state index contributed by atoms with van der Waals surface area (Å²) < 4.78 is 31.5. The Hall–Kier alpha value is -4.01. The van der Waals surface area contributed by atoms with Crippen LogP contribution >= 0.6 is 0 Å². The smallest absolute Gasteiger partial charge is 0.254 e. The van der Waals surface area contributed by atoms with Crippen LogP contribution in [0.25, 0.3) is 22.7 Å². The predicted octanol–water partition coefficient (Wildman–Crippen LogP) is 3.91. The molecule has 0 aliphatic rings. The van der Waals surface area contributed by atoms with E-state index < -0.39 is 5.82 Å². The average Bonchev–Trinajstić information content (AvgIpc) is 3.23. The number of carbonyl (C=O) groups is 1. The first kappa shape index (κ1) is 21.2. The van der Waals surface area contributed by atoms with E-state index in [-0.39, 0.29) is 41.4 Å².